The SMILES string of the molecule is O=S1(=O)OC2(CCOCC2)Oc2ccccc21. The lowest BCUT2D eigenvalue weighted by Gasteiger charge is -2.39. The summed E-state index contributed by atoms with van der Waals surface area (Å²) in [5, 5.41) is 0. The first-order valence-corrected chi connectivity index (χ1v) is 6.84. The average molecular weight is 256 g/mol. The van der Waals surface area contributed by atoms with Crippen molar-refractivity contribution in [3.8, 4) is 5.75 Å². The first kappa shape index (κ1) is 11.0. The van der Waals surface area contributed by atoms with Crippen LogP contribution in [0.1, 0.15) is 12.8 Å². The van der Waals surface area contributed by atoms with Gasteiger partial charge >= 0.3 is 10.1 Å². The van der Waals surface area contributed by atoms with E-state index in [9.17, 15) is 8.42 Å². The highest BCUT2D eigenvalue weighted by Gasteiger charge is 2.46. The van der Waals surface area contributed by atoms with E-state index in [-0.39, 0.29) is 4.90 Å². The Balaban J connectivity index is 2.07. The second kappa shape index (κ2) is 3.69. The molecule has 0 unspecified atom stereocenters. The zero-order chi connectivity index (χ0) is 11.9. The normalized spacial score (nSPS) is 24.9. The third-order valence-corrected chi connectivity index (χ3v) is 4.33. The number of ether oxygens (including phenoxy) is 2. The summed E-state index contributed by atoms with van der Waals surface area (Å²) >= 11 is 0. The molecule has 3 rings (SSSR count). The molecule has 0 aliphatic carbocycles. The minimum atomic E-state index is -3.73. The molecule has 92 valence electrons. The molecule has 2 aliphatic heterocycles. The molecule has 5 nitrogen and oxygen atoms in total. The molecule has 17 heavy (non-hydrogen) atoms. The molecule has 1 spiro atoms. The van der Waals surface area contributed by atoms with Crippen LogP contribution < -0.4 is 4.74 Å². The summed E-state index contributed by atoms with van der Waals surface area (Å²) in [6.07, 6.45) is 0.834. The van der Waals surface area contributed by atoms with Gasteiger partial charge in [-0.1, -0.05) is 12.1 Å². The smallest absolute Gasteiger partial charge is 0.304 e. The van der Waals surface area contributed by atoms with Crippen molar-refractivity contribution in [2.75, 3.05) is 13.2 Å². The van der Waals surface area contributed by atoms with Crippen molar-refractivity contribution >= 4 is 10.1 Å². The predicted molar refractivity (Wildman–Crippen MR) is 58.1 cm³/mol. The Hall–Kier alpha value is -1.11. The van der Waals surface area contributed by atoms with Gasteiger partial charge in [0, 0.05) is 12.8 Å². The number of hydrogen-bond donors (Lipinski definition) is 0. The molecule has 0 N–H and O–H groups in total. The monoisotopic (exact) mass is 256 g/mol. The molecule has 0 bridgehead atoms. The molecule has 1 fully saturated rings. The van der Waals surface area contributed by atoms with Gasteiger partial charge in [0.05, 0.1) is 13.2 Å². The van der Waals surface area contributed by atoms with Gasteiger partial charge in [-0.05, 0) is 12.1 Å². The number of para-hydroxylation sites is 1. The van der Waals surface area contributed by atoms with Crippen LogP contribution in [-0.2, 0) is 19.0 Å². The Morgan fingerprint density at radius 1 is 1.12 bits per heavy atom. The van der Waals surface area contributed by atoms with Crippen LogP contribution in [0.25, 0.3) is 0 Å². The highest BCUT2D eigenvalue weighted by atomic mass is 32.2. The maximum Gasteiger partial charge on any atom is 0.304 e. The quantitative estimate of drug-likeness (QED) is 0.654. The lowest BCUT2D eigenvalue weighted by molar-refractivity contribution is -0.172. The van der Waals surface area contributed by atoms with Gasteiger partial charge in [0.25, 0.3) is 0 Å². The highest BCUT2D eigenvalue weighted by molar-refractivity contribution is 7.87. The van der Waals surface area contributed by atoms with Crippen molar-refractivity contribution in [2.45, 2.75) is 23.5 Å². The molecule has 0 saturated carbocycles. The summed E-state index contributed by atoms with van der Waals surface area (Å²) in [4.78, 5) is 0.0946. The van der Waals surface area contributed by atoms with Crippen molar-refractivity contribution in [3.05, 3.63) is 24.3 Å². The minimum absolute atomic E-state index is 0.0946. The third kappa shape index (κ3) is 1.82. The average Bonchev–Trinajstić information content (AvgIpc) is 2.29. The first-order chi connectivity index (χ1) is 8.11. The van der Waals surface area contributed by atoms with Gasteiger partial charge in [0.2, 0.25) is 5.79 Å². The lowest BCUT2D eigenvalue weighted by Crippen LogP contribution is -2.48. The molecule has 0 amide bonds. The molecule has 1 saturated heterocycles. The van der Waals surface area contributed by atoms with E-state index in [1.807, 2.05) is 0 Å². The van der Waals surface area contributed by atoms with Crippen LogP contribution in [-0.4, -0.2) is 27.4 Å². The van der Waals surface area contributed by atoms with Crippen molar-refractivity contribution in [2.24, 2.45) is 0 Å². The van der Waals surface area contributed by atoms with Crippen LogP contribution in [0.3, 0.4) is 0 Å². The van der Waals surface area contributed by atoms with E-state index in [1.165, 1.54) is 6.07 Å². The molecular weight excluding hydrogens is 244 g/mol. The van der Waals surface area contributed by atoms with Crippen molar-refractivity contribution < 1.29 is 22.1 Å². The Morgan fingerprint density at radius 3 is 2.59 bits per heavy atom. The van der Waals surface area contributed by atoms with Gasteiger partial charge in [0.1, 0.15) is 10.6 Å². The van der Waals surface area contributed by atoms with Crippen LogP contribution in [0.15, 0.2) is 29.2 Å². The highest BCUT2D eigenvalue weighted by Crippen LogP contribution is 2.40. The molecule has 2 aliphatic rings. The molecule has 0 radical (unpaired) electrons. The topological polar surface area (TPSA) is 61.8 Å². The van der Waals surface area contributed by atoms with E-state index in [0.29, 0.717) is 31.8 Å². The van der Waals surface area contributed by atoms with Gasteiger partial charge < -0.3 is 9.47 Å². The second-order valence-electron chi connectivity index (χ2n) is 4.11. The van der Waals surface area contributed by atoms with Gasteiger partial charge in [-0.3, -0.25) is 0 Å². The second-order valence-corrected chi connectivity index (χ2v) is 5.62. The van der Waals surface area contributed by atoms with Crippen LogP contribution in [0.2, 0.25) is 0 Å². The van der Waals surface area contributed by atoms with Crippen molar-refractivity contribution in [3.63, 3.8) is 0 Å². The van der Waals surface area contributed by atoms with Gasteiger partial charge in [-0.25, -0.2) is 4.18 Å². The molecule has 1 aromatic rings. The van der Waals surface area contributed by atoms with Crippen molar-refractivity contribution in [1.82, 2.24) is 0 Å². The fourth-order valence-electron chi connectivity index (χ4n) is 2.07. The zero-order valence-corrected chi connectivity index (χ0v) is 9.90. The minimum Gasteiger partial charge on any atom is -0.459 e. The van der Waals surface area contributed by atoms with Crippen LogP contribution in [0.4, 0.5) is 0 Å². The summed E-state index contributed by atoms with van der Waals surface area (Å²) < 4.78 is 40.1. The number of fused-ring (bicyclic) bond motifs is 1. The largest absolute Gasteiger partial charge is 0.459 e. The predicted octanol–water partition coefficient (Wildman–Crippen LogP) is 1.29. The van der Waals surface area contributed by atoms with E-state index < -0.39 is 15.9 Å². The zero-order valence-electron chi connectivity index (χ0n) is 9.09. The van der Waals surface area contributed by atoms with E-state index >= 15 is 0 Å². The Labute approximate surface area is 99.4 Å². The lowest BCUT2D eigenvalue weighted by atomic mass is 10.1. The number of hydrogen-bond acceptors (Lipinski definition) is 5. The van der Waals surface area contributed by atoms with Gasteiger partial charge in [-0.15, -0.1) is 0 Å². The number of rotatable bonds is 0. The molecule has 0 atom stereocenters. The Bertz CT molecular complexity index is 531. The van der Waals surface area contributed by atoms with E-state index in [2.05, 4.69) is 0 Å². The Kier molecular flexibility index (Phi) is 2.39. The van der Waals surface area contributed by atoms with E-state index in [1.54, 1.807) is 18.2 Å². The maximum atomic E-state index is 12.0. The summed E-state index contributed by atoms with van der Waals surface area (Å²) in [5.41, 5.74) is 0. The number of benzene rings is 1. The first-order valence-electron chi connectivity index (χ1n) is 5.43. The van der Waals surface area contributed by atoms with Crippen LogP contribution in [0.5, 0.6) is 5.75 Å². The molecule has 2 heterocycles. The van der Waals surface area contributed by atoms with Crippen LogP contribution in [0, 0.1) is 0 Å². The van der Waals surface area contributed by atoms with Gasteiger partial charge in [-0.2, -0.15) is 8.42 Å². The molecular formula is C11H12O5S. The fraction of sp³-hybridized carbons (Fsp3) is 0.455. The molecule has 0 aromatic heterocycles. The Morgan fingerprint density at radius 2 is 1.82 bits per heavy atom. The fourth-order valence-corrected chi connectivity index (χ4v) is 3.36. The molecule has 6 heteroatoms. The van der Waals surface area contributed by atoms with Crippen LogP contribution >= 0.6 is 0 Å². The van der Waals surface area contributed by atoms with Crippen molar-refractivity contribution in [1.29, 1.82) is 0 Å². The van der Waals surface area contributed by atoms with E-state index in [0.717, 1.165) is 0 Å². The summed E-state index contributed by atoms with van der Waals surface area (Å²) in [5.74, 6) is -0.716. The summed E-state index contributed by atoms with van der Waals surface area (Å²) in [6, 6.07) is 6.52. The summed E-state index contributed by atoms with van der Waals surface area (Å²) in [7, 11) is -3.73. The maximum absolute atomic E-state index is 12.0. The third-order valence-electron chi connectivity index (χ3n) is 2.93. The van der Waals surface area contributed by atoms with E-state index in [4.69, 9.17) is 13.7 Å². The van der Waals surface area contributed by atoms with Gasteiger partial charge in [0.15, 0.2) is 0 Å². The molecule has 1 aromatic carbocycles. The summed E-state index contributed by atoms with van der Waals surface area (Å²) in [6.45, 7) is 0.884. The standard InChI is InChI=1S/C11H12O5S/c12-17(13)10-4-2-1-3-9(10)15-11(16-17)5-7-14-8-6-11/h1-4H,5-8H2.